The van der Waals surface area contributed by atoms with Crippen molar-refractivity contribution >= 4 is 11.7 Å². The monoisotopic (exact) mass is 313 g/mol. The highest BCUT2D eigenvalue weighted by atomic mass is 16.5. The molecule has 122 valence electrons. The highest BCUT2D eigenvalue weighted by molar-refractivity contribution is 5.67. The maximum Gasteiger partial charge on any atom is 0.303 e. The zero-order chi connectivity index (χ0) is 16.7. The Bertz CT molecular complexity index is 653. The number of para-hydroxylation sites is 1. The van der Waals surface area contributed by atoms with Gasteiger partial charge in [-0.15, -0.1) is 0 Å². The van der Waals surface area contributed by atoms with Crippen molar-refractivity contribution < 1.29 is 14.6 Å². The molecule has 0 aliphatic heterocycles. The van der Waals surface area contributed by atoms with E-state index in [1.54, 1.807) is 0 Å². The SMILES string of the molecule is CC(C)Oc1ccccc1CNc1cccc(CCC(=O)O)c1. The fourth-order valence-corrected chi connectivity index (χ4v) is 2.30. The minimum Gasteiger partial charge on any atom is -0.491 e. The van der Waals surface area contributed by atoms with E-state index in [1.165, 1.54) is 0 Å². The molecule has 0 saturated heterocycles. The molecule has 0 fully saturated rings. The molecule has 4 heteroatoms. The smallest absolute Gasteiger partial charge is 0.303 e. The predicted molar refractivity (Wildman–Crippen MR) is 91.9 cm³/mol. The second kappa shape index (κ2) is 8.22. The highest BCUT2D eigenvalue weighted by Gasteiger charge is 2.05. The van der Waals surface area contributed by atoms with Gasteiger partial charge in [-0.2, -0.15) is 0 Å². The molecule has 0 amide bonds. The van der Waals surface area contributed by atoms with Gasteiger partial charge in [0.05, 0.1) is 6.10 Å². The molecule has 2 rings (SSSR count). The molecule has 0 unspecified atom stereocenters. The second-order valence-electron chi connectivity index (χ2n) is 5.72. The van der Waals surface area contributed by atoms with Crippen molar-refractivity contribution in [3.63, 3.8) is 0 Å². The Morgan fingerprint density at radius 3 is 2.70 bits per heavy atom. The van der Waals surface area contributed by atoms with Crippen LogP contribution in [0.3, 0.4) is 0 Å². The molecule has 2 N–H and O–H groups in total. The number of hydrogen-bond donors (Lipinski definition) is 2. The summed E-state index contributed by atoms with van der Waals surface area (Å²) < 4.78 is 5.82. The van der Waals surface area contributed by atoms with Gasteiger partial charge in [-0.3, -0.25) is 4.79 Å². The van der Waals surface area contributed by atoms with E-state index in [0.717, 1.165) is 22.6 Å². The van der Waals surface area contributed by atoms with Gasteiger partial charge in [-0.1, -0.05) is 30.3 Å². The van der Waals surface area contributed by atoms with Crippen LogP contribution < -0.4 is 10.1 Å². The number of carboxylic acids is 1. The lowest BCUT2D eigenvalue weighted by Crippen LogP contribution is -2.09. The number of aryl methyl sites for hydroxylation is 1. The standard InChI is InChI=1S/C19H23NO3/c1-14(2)23-18-9-4-3-7-16(18)13-20-17-8-5-6-15(12-17)10-11-19(21)22/h3-9,12,14,20H,10-11,13H2,1-2H3,(H,21,22). The first-order valence-corrected chi connectivity index (χ1v) is 7.84. The lowest BCUT2D eigenvalue weighted by molar-refractivity contribution is -0.136. The summed E-state index contributed by atoms with van der Waals surface area (Å²) in [6.45, 7) is 4.68. The van der Waals surface area contributed by atoms with Crippen LogP contribution in [0.25, 0.3) is 0 Å². The predicted octanol–water partition coefficient (Wildman–Crippen LogP) is 4.10. The molecule has 0 aliphatic rings. The first kappa shape index (κ1) is 16.9. The average molecular weight is 313 g/mol. The van der Waals surface area contributed by atoms with Crippen molar-refractivity contribution in [1.29, 1.82) is 0 Å². The summed E-state index contributed by atoms with van der Waals surface area (Å²) in [5, 5.41) is 12.1. The Labute approximate surface area is 137 Å². The van der Waals surface area contributed by atoms with E-state index in [1.807, 2.05) is 62.4 Å². The van der Waals surface area contributed by atoms with Crippen LogP contribution in [0.1, 0.15) is 31.4 Å². The molecular formula is C19H23NO3. The highest BCUT2D eigenvalue weighted by Crippen LogP contribution is 2.21. The van der Waals surface area contributed by atoms with Crippen molar-refractivity contribution in [2.75, 3.05) is 5.32 Å². The zero-order valence-electron chi connectivity index (χ0n) is 13.6. The Kier molecular flexibility index (Phi) is 6.03. The normalized spacial score (nSPS) is 10.6. The first-order valence-electron chi connectivity index (χ1n) is 7.84. The van der Waals surface area contributed by atoms with Crippen molar-refractivity contribution in [2.45, 2.75) is 39.3 Å². The third kappa shape index (κ3) is 5.66. The number of carbonyl (C=O) groups is 1. The van der Waals surface area contributed by atoms with Gasteiger partial charge in [0.25, 0.3) is 0 Å². The Morgan fingerprint density at radius 2 is 1.96 bits per heavy atom. The molecular weight excluding hydrogens is 290 g/mol. The molecule has 0 radical (unpaired) electrons. The maximum absolute atomic E-state index is 10.7. The number of nitrogens with one attached hydrogen (secondary N) is 1. The first-order chi connectivity index (χ1) is 11.0. The number of aliphatic carboxylic acids is 1. The quantitative estimate of drug-likeness (QED) is 0.770. The molecule has 2 aromatic rings. The number of ether oxygens (including phenoxy) is 1. The number of rotatable bonds is 8. The molecule has 4 nitrogen and oxygen atoms in total. The van der Waals surface area contributed by atoms with Crippen molar-refractivity contribution in [2.24, 2.45) is 0 Å². The summed E-state index contributed by atoms with van der Waals surface area (Å²) in [5.74, 6) is 0.111. The topological polar surface area (TPSA) is 58.6 Å². The van der Waals surface area contributed by atoms with Gasteiger partial charge < -0.3 is 15.2 Å². The Hall–Kier alpha value is -2.49. The third-order valence-corrected chi connectivity index (χ3v) is 3.37. The van der Waals surface area contributed by atoms with E-state index in [0.29, 0.717) is 13.0 Å². The molecule has 0 aromatic heterocycles. The lowest BCUT2D eigenvalue weighted by atomic mass is 10.1. The van der Waals surface area contributed by atoms with Crippen LogP contribution in [0.5, 0.6) is 5.75 Å². The zero-order valence-corrected chi connectivity index (χ0v) is 13.6. The summed E-state index contributed by atoms with van der Waals surface area (Å²) in [5.41, 5.74) is 3.09. The minimum atomic E-state index is -0.775. The van der Waals surface area contributed by atoms with Crippen LogP contribution in [-0.2, 0) is 17.8 Å². The van der Waals surface area contributed by atoms with Crippen molar-refractivity contribution in [3.8, 4) is 5.75 Å². The van der Waals surface area contributed by atoms with Crippen LogP contribution in [0.4, 0.5) is 5.69 Å². The van der Waals surface area contributed by atoms with E-state index in [-0.39, 0.29) is 12.5 Å². The van der Waals surface area contributed by atoms with Gasteiger partial charge in [0, 0.05) is 24.2 Å². The van der Waals surface area contributed by atoms with E-state index in [9.17, 15) is 4.79 Å². The average Bonchev–Trinajstić information content (AvgIpc) is 2.52. The number of benzene rings is 2. The van der Waals surface area contributed by atoms with Gasteiger partial charge in [0.1, 0.15) is 5.75 Å². The van der Waals surface area contributed by atoms with Crippen molar-refractivity contribution in [3.05, 3.63) is 59.7 Å². The van der Waals surface area contributed by atoms with E-state index < -0.39 is 5.97 Å². The van der Waals surface area contributed by atoms with Gasteiger partial charge in [0.15, 0.2) is 0 Å². The molecule has 0 spiro atoms. The van der Waals surface area contributed by atoms with E-state index >= 15 is 0 Å². The number of carboxylic acid groups (broad SMARTS) is 1. The van der Waals surface area contributed by atoms with E-state index in [4.69, 9.17) is 9.84 Å². The number of hydrogen-bond acceptors (Lipinski definition) is 3. The van der Waals surface area contributed by atoms with E-state index in [2.05, 4.69) is 5.32 Å². The van der Waals surface area contributed by atoms with Gasteiger partial charge in [0.2, 0.25) is 0 Å². The molecule has 0 heterocycles. The van der Waals surface area contributed by atoms with Gasteiger partial charge >= 0.3 is 5.97 Å². The molecule has 0 aliphatic carbocycles. The maximum atomic E-state index is 10.7. The fourth-order valence-electron chi connectivity index (χ4n) is 2.30. The fraction of sp³-hybridized carbons (Fsp3) is 0.316. The Morgan fingerprint density at radius 1 is 1.17 bits per heavy atom. The van der Waals surface area contributed by atoms with Gasteiger partial charge in [-0.05, 0) is 44.0 Å². The van der Waals surface area contributed by atoms with Crippen molar-refractivity contribution in [1.82, 2.24) is 0 Å². The summed E-state index contributed by atoms with van der Waals surface area (Å²) in [7, 11) is 0. The van der Waals surface area contributed by atoms with Crippen LogP contribution in [0.15, 0.2) is 48.5 Å². The summed E-state index contributed by atoms with van der Waals surface area (Å²) in [6, 6.07) is 15.8. The van der Waals surface area contributed by atoms with Crippen LogP contribution in [-0.4, -0.2) is 17.2 Å². The molecule has 0 bridgehead atoms. The largest absolute Gasteiger partial charge is 0.491 e. The molecule has 0 atom stereocenters. The lowest BCUT2D eigenvalue weighted by Gasteiger charge is -2.15. The molecule has 2 aromatic carbocycles. The van der Waals surface area contributed by atoms with Gasteiger partial charge in [-0.25, -0.2) is 0 Å². The minimum absolute atomic E-state index is 0.135. The third-order valence-electron chi connectivity index (χ3n) is 3.37. The summed E-state index contributed by atoms with van der Waals surface area (Å²) in [4.78, 5) is 10.7. The van der Waals surface area contributed by atoms with Crippen LogP contribution >= 0.6 is 0 Å². The number of anilines is 1. The molecule has 0 saturated carbocycles. The summed E-state index contributed by atoms with van der Waals surface area (Å²) >= 11 is 0. The second-order valence-corrected chi connectivity index (χ2v) is 5.72. The summed E-state index contributed by atoms with van der Waals surface area (Å²) in [6.07, 6.45) is 0.822. The van der Waals surface area contributed by atoms with Crippen LogP contribution in [0, 0.1) is 0 Å². The molecule has 23 heavy (non-hydrogen) atoms. The van der Waals surface area contributed by atoms with Crippen LogP contribution in [0.2, 0.25) is 0 Å². The Balaban J connectivity index is 2.01.